The normalized spacial score (nSPS) is 25.1. The number of carbonyl (C=O) groups is 2. The summed E-state index contributed by atoms with van der Waals surface area (Å²) >= 11 is 0. The lowest BCUT2D eigenvalue weighted by atomic mass is 9.85. The Morgan fingerprint density at radius 2 is 1.65 bits per heavy atom. The lowest BCUT2D eigenvalue weighted by Crippen LogP contribution is -2.64. The molecule has 0 saturated carbocycles. The molecule has 5 heteroatoms. The largest absolute Gasteiger partial charge is 0.335 e. The van der Waals surface area contributed by atoms with E-state index in [1.807, 2.05) is 51.5 Å². The maximum Gasteiger partial charge on any atom is 0.335 e. The van der Waals surface area contributed by atoms with E-state index in [-0.39, 0.29) is 23.4 Å². The van der Waals surface area contributed by atoms with Crippen molar-refractivity contribution in [2.45, 2.75) is 59.5 Å². The molecule has 114 valence electrons. The van der Waals surface area contributed by atoms with Crippen LogP contribution in [0.2, 0.25) is 0 Å². The average Bonchev–Trinajstić information content (AvgIpc) is 2.69. The molecule has 2 aliphatic rings. The number of hydrazine groups is 1. The Bertz CT molecular complexity index is 420. The second-order valence-electron chi connectivity index (χ2n) is 7.82. The van der Waals surface area contributed by atoms with Crippen LogP contribution < -0.4 is 0 Å². The topological polar surface area (TPSA) is 43.9 Å². The first-order chi connectivity index (χ1) is 9.03. The predicted molar refractivity (Wildman–Crippen MR) is 78.1 cm³/mol. The highest BCUT2D eigenvalue weighted by molar-refractivity contribution is 5.92. The molecular weight excluding hydrogens is 254 g/mol. The van der Waals surface area contributed by atoms with Gasteiger partial charge in [0.1, 0.15) is 6.04 Å². The minimum Gasteiger partial charge on any atom is -0.317 e. The molecule has 0 aliphatic carbocycles. The van der Waals surface area contributed by atoms with Crippen LogP contribution in [0.1, 0.15) is 48.0 Å². The van der Waals surface area contributed by atoms with Gasteiger partial charge < -0.3 is 4.90 Å². The van der Waals surface area contributed by atoms with Crippen LogP contribution in [0.4, 0.5) is 4.79 Å². The summed E-state index contributed by atoms with van der Waals surface area (Å²) in [6.45, 7) is 14.2. The van der Waals surface area contributed by atoms with E-state index in [2.05, 4.69) is 0 Å². The van der Waals surface area contributed by atoms with Crippen LogP contribution in [0.15, 0.2) is 0 Å². The van der Waals surface area contributed by atoms with Crippen LogP contribution in [0.3, 0.4) is 0 Å². The van der Waals surface area contributed by atoms with E-state index in [0.29, 0.717) is 0 Å². The number of nitrogens with zero attached hydrogens (tertiary/aromatic N) is 3. The molecule has 20 heavy (non-hydrogen) atoms. The minimum atomic E-state index is -0.412. The van der Waals surface area contributed by atoms with E-state index in [4.69, 9.17) is 0 Å². The Labute approximate surface area is 121 Å². The first-order valence-corrected chi connectivity index (χ1v) is 7.43. The summed E-state index contributed by atoms with van der Waals surface area (Å²) in [6, 6.07) is -0.323. The summed E-state index contributed by atoms with van der Waals surface area (Å²) in [7, 11) is 0. The molecule has 2 aliphatic heterocycles. The Morgan fingerprint density at radius 3 is 2.15 bits per heavy atom. The molecule has 0 N–H and O–H groups in total. The molecule has 0 aromatic rings. The lowest BCUT2D eigenvalue weighted by Gasteiger charge is -2.47. The third-order valence-corrected chi connectivity index (χ3v) is 4.12. The molecule has 0 spiro atoms. The summed E-state index contributed by atoms with van der Waals surface area (Å²) in [6.07, 6.45) is 0.750. The fourth-order valence-corrected chi connectivity index (χ4v) is 2.97. The number of amides is 2. The molecule has 0 aromatic heterocycles. The van der Waals surface area contributed by atoms with Gasteiger partial charge in [-0.1, -0.05) is 20.8 Å². The summed E-state index contributed by atoms with van der Waals surface area (Å²) in [5, 5.41) is 3.75. The third-order valence-electron chi connectivity index (χ3n) is 4.12. The summed E-state index contributed by atoms with van der Waals surface area (Å²) < 4.78 is 0. The SMILES string of the molecule is CC(C)(C)C(=O)C1CCN2CCN(C(C)(C)C)C(=O)N12. The zero-order valence-electron chi connectivity index (χ0n) is 13.6. The fourth-order valence-electron chi connectivity index (χ4n) is 2.97. The van der Waals surface area contributed by atoms with Gasteiger partial charge in [-0.25, -0.2) is 14.8 Å². The molecule has 2 amide bonds. The number of urea groups is 1. The van der Waals surface area contributed by atoms with Crippen LogP contribution in [0.5, 0.6) is 0 Å². The van der Waals surface area contributed by atoms with E-state index in [1.54, 1.807) is 5.01 Å². The zero-order valence-corrected chi connectivity index (χ0v) is 13.6. The lowest BCUT2D eigenvalue weighted by molar-refractivity contribution is -0.135. The highest BCUT2D eigenvalue weighted by Gasteiger charge is 2.48. The van der Waals surface area contributed by atoms with Crippen LogP contribution in [-0.2, 0) is 4.79 Å². The van der Waals surface area contributed by atoms with Gasteiger partial charge in [0, 0.05) is 30.6 Å². The van der Waals surface area contributed by atoms with E-state index in [0.717, 1.165) is 26.1 Å². The second-order valence-corrected chi connectivity index (χ2v) is 7.82. The Kier molecular flexibility index (Phi) is 3.61. The van der Waals surface area contributed by atoms with Gasteiger partial charge in [0.2, 0.25) is 0 Å². The van der Waals surface area contributed by atoms with E-state index in [9.17, 15) is 9.59 Å². The van der Waals surface area contributed by atoms with Crippen molar-refractivity contribution in [2.24, 2.45) is 5.41 Å². The van der Waals surface area contributed by atoms with Gasteiger partial charge in [0.25, 0.3) is 0 Å². The summed E-state index contributed by atoms with van der Waals surface area (Å²) in [5.74, 6) is 0.157. The van der Waals surface area contributed by atoms with Crippen LogP contribution in [-0.4, -0.2) is 57.9 Å². The molecule has 1 atom stereocenters. The second kappa shape index (κ2) is 4.72. The molecule has 1 unspecified atom stereocenters. The van der Waals surface area contributed by atoms with Crippen molar-refractivity contribution in [1.82, 2.24) is 14.9 Å². The quantitative estimate of drug-likeness (QED) is 0.739. The van der Waals surface area contributed by atoms with Gasteiger partial charge in [-0.3, -0.25) is 4.79 Å². The van der Waals surface area contributed by atoms with Crippen LogP contribution in [0, 0.1) is 5.41 Å². The van der Waals surface area contributed by atoms with Crippen molar-refractivity contribution in [3.05, 3.63) is 0 Å². The van der Waals surface area contributed by atoms with Gasteiger partial charge in [-0.05, 0) is 27.2 Å². The fraction of sp³-hybridized carbons (Fsp3) is 0.867. The molecule has 2 fully saturated rings. The Balaban J connectivity index is 2.25. The highest BCUT2D eigenvalue weighted by atomic mass is 16.2. The predicted octanol–water partition coefficient (Wildman–Crippen LogP) is 2.13. The van der Waals surface area contributed by atoms with Crippen molar-refractivity contribution in [3.8, 4) is 0 Å². The molecular formula is C15H27N3O2. The standard InChI is InChI=1S/C15H27N3O2/c1-14(2,3)12(19)11-7-8-16-9-10-17(15(4,5)6)13(20)18(11)16/h11H,7-10H2,1-6H3. The number of Topliss-reactive ketones (excluding diaryl/α,β-unsaturated/α-hetero) is 1. The van der Waals surface area contributed by atoms with E-state index >= 15 is 0 Å². The van der Waals surface area contributed by atoms with Crippen molar-refractivity contribution in [2.75, 3.05) is 19.6 Å². The molecule has 0 bridgehead atoms. The zero-order chi connectivity index (χ0) is 15.3. The van der Waals surface area contributed by atoms with E-state index < -0.39 is 5.41 Å². The maximum absolute atomic E-state index is 12.8. The first kappa shape index (κ1) is 15.3. The molecule has 0 radical (unpaired) electrons. The van der Waals surface area contributed by atoms with Gasteiger partial charge in [-0.15, -0.1) is 0 Å². The van der Waals surface area contributed by atoms with Crippen molar-refractivity contribution < 1.29 is 9.59 Å². The maximum atomic E-state index is 12.8. The average molecular weight is 281 g/mol. The smallest absolute Gasteiger partial charge is 0.317 e. The molecule has 2 saturated heterocycles. The minimum absolute atomic E-state index is 0.0242. The Hall–Kier alpha value is -1.10. The van der Waals surface area contributed by atoms with Gasteiger partial charge >= 0.3 is 6.03 Å². The third kappa shape index (κ3) is 2.55. The highest BCUT2D eigenvalue weighted by Crippen LogP contribution is 2.31. The Morgan fingerprint density at radius 1 is 1.05 bits per heavy atom. The molecule has 2 rings (SSSR count). The van der Waals surface area contributed by atoms with Gasteiger partial charge in [-0.2, -0.15) is 0 Å². The number of rotatable bonds is 1. The van der Waals surface area contributed by atoms with Crippen molar-refractivity contribution in [3.63, 3.8) is 0 Å². The van der Waals surface area contributed by atoms with Crippen molar-refractivity contribution >= 4 is 11.8 Å². The number of hydrogen-bond acceptors (Lipinski definition) is 3. The van der Waals surface area contributed by atoms with E-state index in [1.165, 1.54) is 0 Å². The van der Waals surface area contributed by atoms with Gasteiger partial charge in [0.15, 0.2) is 5.78 Å². The van der Waals surface area contributed by atoms with Gasteiger partial charge in [0.05, 0.1) is 0 Å². The summed E-state index contributed by atoms with van der Waals surface area (Å²) in [4.78, 5) is 27.2. The number of fused-ring (bicyclic) bond motifs is 1. The number of ketones is 1. The number of carbonyl (C=O) groups excluding carboxylic acids is 2. The number of hydrogen-bond donors (Lipinski definition) is 0. The first-order valence-electron chi connectivity index (χ1n) is 7.43. The molecule has 0 aromatic carbocycles. The molecule has 5 nitrogen and oxygen atoms in total. The van der Waals surface area contributed by atoms with Crippen LogP contribution >= 0.6 is 0 Å². The van der Waals surface area contributed by atoms with Crippen molar-refractivity contribution in [1.29, 1.82) is 0 Å². The summed E-state index contributed by atoms with van der Waals surface area (Å²) in [5.41, 5.74) is -0.619. The molecule has 2 heterocycles. The van der Waals surface area contributed by atoms with Crippen LogP contribution in [0.25, 0.3) is 0 Å². The monoisotopic (exact) mass is 281 g/mol.